The Balaban J connectivity index is 0.000000153. The van der Waals surface area contributed by atoms with E-state index in [1.807, 2.05) is 87.5 Å². The Kier molecular flexibility index (Phi) is 7.46. The standard InChI is InChI=1S/C10H8O.C8H11N.C7H9N/c11-10-6-5-8-3-1-2-4-9(8)7-10;1-6-3-4-7(2)8(9)5-6;1-6-4-2-3-5-7(6)8/h1-7,11H;3-5H,9H2,1-2H3;2-5H,8H2,1H3. The predicted molar refractivity (Wildman–Crippen MR) is 122 cm³/mol. The number of fused-ring (bicyclic) bond motifs is 1. The average molecular weight is 373 g/mol. The fourth-order valence-corrected chi connectivity index (χ4v) is 2.52. The number of phenolic OH excluding ortho intramolecular Hbond substituents is 1. The van der Waals surface area contributed by atoms with Crippen molar-refractivity contribution in [1.29, 1.82) is 0 Å². The number of anilines is 2. The third kappa shape index (κ3) is 6.36. The van der Waals surface area contributed by atoms with E-state index in [9.17, 15) is 0 Å². The van der Waals surface area contributed by atoms with Crippen molar-refractivity contribution in [3.8, 4) is 5.75 Å². The van der Waals surface area contributed by atoms with Gasteiger partial charge in [0.1, 0.15) is 5.75 Å². The number of phenols is 1. The number of benzene rings is 4. The molecule has 4 aromatic rings. The van der Waals surface area contributed by atoms with Gasteiger partial charge >= 0.3 is 0 Å². The highest BCUT2D eigenvalue weighted by atomic mass is 16.3. The number of hydrogen-bond acceptors (Lipinski definition) is 3. The summed E-state index contributed by atoms with van der Waals surface area (Å²) in [7, 11) is 0. The lowest BCUT2D eigenvalue weighted by Crippen LogP contribution is -1.88. The van der Waals surface area contributed by atoms with Gasteiger partial charge in [-0.15, -0.1) is 0 Å². The Bertz CT molecular complexity index is 1020. The molecule has 0 fully saturated rings. The first-order valence-electron chi connectivity index (χ1n) is 9.18. The fourth-order valence-electron chi connectivity index (χ4n) is 2.52. The van der Waals surface area contributed by atoms with Crippen LogP contribution in [0.2, 0.25) is 0 Å². The zero-order valence-electron chi connectivity index (χ0n) is 16.7. The van der Waals surface area contributed by atoms with E-state index in [4.69, 9.17) is 16.6 Å². The molecule has 5 N–H and O–H groups in total. The topological polar surface area (TPSA) is 72.3 Å². The molecule has 0 amide bonds. The molecule has 0 aromatic heterocycles. The van der Waals surface area contributed by atoms with Crippen LogP contribution in [0.3, 0.4) is 0 Å². The molecule has 0 aliphatic heterocycles. The van der Waals surface area contributed by atoms with Gasteiger partial charge in [0.05, 0.1) is 0 Å². The lowest BCUT2D eigenvalue weighted by molar-refractivity contribution is 0.476. The number of nitrogens with two attached hydrogens (primary N) is 2. The zero-order valence-corrected chi connectivity index (χ0v) is 16.7. The molecule has 0 saturated heterocycles. The van der Waals surface area contributed by atoms with Crippen LogP contribution in [0, 0.1) is 20.8 Å². The SMILES string of the molecule is Cc1ccc(C)c(N)c1.Cc1ccccc1N.Oc1ccc2ccccc2c1. The van der Waals surface area contributed by atoms with E-state index in [0.29, 0.717) is 5.75 Å². The third-order valence-corrected chi connectivity index (χ3v) is 4.36. The van der Waals surface area contributed by atoms with E-state index in [-0.39, 0.29) is 0 Å². The van der Waals surface area contributed by atoms with Gasteiger partial charge in [0.25, 0.3) is 0 Å². The van der Waals surface area contributed by atoms with Crippen LogP contribution in [0.4, 0.5) is 11.4 Å². The molecule has 0 saturated carbocycles. The highest BCUT2D eigenvalue weighted by molar-refractivity contribution is 5.83. The molecule has 0 aliphatic rings. The minimum atomic E-state index is 0.323. The van der Waals surface area contributed by atoms with Gasteiger partial charge in [-0.25, -0.2) is 0 Å². The van der Waals surface area contributed by atoms with Crippen LogP contribution in [0.5, 0.6) is 5.75 Å². The highest BCUT2D eigenvalue weighted by Crippen LogP contribution is 2.18. The van der Waals surface area contributed by atoms with Crippen molar-refractivity contribution < 1.29 is 5.11 Å². The maximum absolute atomic E-state index is 9.13. The summed E-state index contributed by atoms with van der Waals surface area (Å²) in [4.78, 5) is 0. The maximum Gasteiger partial charge on any atom is 0.116 e. The summed E-state index contributed by atoms with van der Waals surface area (Å²) >= 11 is 0. The lowest BCUT2D eigenvalue weighted by atomic mass is 10.1. The minimum absolute atomic E-state index is 0.323. The van der Waals surface area contributed by atoms with Crippen molar-refractivity contribution in [2.24, 2.45) is 0 Å². The Labute approximate surface area is 167 Å². The monoisotopic (exact) mass is 372 g/mol. The lowest BCUT2D eigenvalue weighted by Gasteiger charge is -1.98. The van der Waals surface area contributed by atoms with Crippen LogP contribution in [-0.4, -0.2) is 5.11 Å². The molecule has 0 heterocycles. The minimum Gasteiger partial charge on any atom is -0.508 e. The van der Waals surface area contributed by atoms with Gasteiger partial charge in [-0.3, -0.25) is 0 Å². The Hall–Kier alpha value is -3.46. The molecule has 0 radical (unpaired) electrons. The van der Waals surface area contributed by atoms with Crippen molar-refractivity contribution in [3.05, 3.63) is 102 Å². The van der Waals surface area contributed by atoms with Crippen molar-refractivity contribution in [3.63, 3.8) is 0 Å². The van der Waals surface area contributed by atoms with Gasteiger partial charge in [0.15, 0.2) is 0 Å². The molecule has 0 atom stereocenters. The van der Waals surface area contributed by atoms with E-state index in [2.05, 4.69) is 6.07 Å². The quantitative estimate of drug-likeness (QED) is 0.331. The van der Waals surface area contributed by atoms with E-state index in [0.717, 1.165) is 33.3 Å². The summed E-state index contributed by atoms with van der Waals surface area (Å²) < 4.78 is 0. The molecular weight excluding hydrogens is 344 g/mol. The van der Waals surface area contributed by atoms with Crippen LogP contribution < -0.4 is 11.5 Å². The smallest absolute Gasteiger partial charge is 0.116 e. The summed E-state index contributed by atoms with van der Waals surface area (Å²) in [5.74, 6) is 0.323. The van der Waals surface area contributed by atoms with Crippen molar-refractivity contribution in [2.45, 2.75) is 20.8 Å². The normalized spacial score (nSPS) is 9.68. The number of nitrogen functional groups attached to an aromatic ring is 2. The van der Waals surface area contributed by atoms with E-state index < -0.39 is 0 Å². The van der Waals surface area contributed by atoms with Crippen LogP contribution >= 0.6 is 0 Å². The van der Waals surface area contributed by atoms with Gasteiger partial charge < -0.3 is 16.6 Å². The molecule has 0 bridgehead atoms. The van der Waals surface area contributed by atoms with Gasteiger partial charge in [0, 0.05) is 11.4 Å². The maximum atomic E-state index is 9.13. The van der Waals surface area contributed by atoms with Crippen LogP contribution in [-0.2, 0) is 0 Å². The number of aromatic hydroxyl groups is 1. The molecule has 0 unspecified atom stereocenters. The first-order valence-corrected chi connectivity index (χ1v) is 9.18. The first kappa shape index (κ1) is 20.8. The molecule has 0 aliphatic carbocycles. The first-order chi connectivity index (χ1) is 13.4. The average Bonchev–Trinajstić information content (AvgIpc) is 2.68. The zero-order chi connectivity index (χ0) is 20.5. The summed E-state index contributed by atoms with van der Waals surface area (Å²) in [6, 6.07) is 27.2. The molecule has 0 spiro atoms. The molecule has 3 nitrogen and oxygen atoms in total. The fraction of sp³-hybridized carbons (Fsp3) is 0.120. The largest absolute Gasteiger partial charge is 0.508 e. The predicted octanol–water partition coefficient (Wildman–Crippen LogP) is 6.01. The van der Waals surface area contributed by atoms with E-state index in [1.54, 1.807) is 12.1 Å². The Morgan fingerprint density at radius 3 is 1.75 bits per heavy atom. The number of aryl methyl sites for hydroxylation is 3. The number of rotatable bonds is 0. The van der Waals surface area contributed by atoms with Crippen molar-refractivity contribution >= 4 is 22.1 Å². The molecule has 4 rings (SSSR count). The van der Waals surface area contributed by atoms with Crippen LogP contribution in [0.25, 0.3) is 10.8 Å². The van der Waals surface area contributed by atoms with Crippen molar-refractivity contribution in [1.82, 2.24) is 0 Å². The summed E-state index contributed by atoms with van der Waals surface area (Å²) in [5.41, 5.74) is 16.4. The Morgan fingerprint density at radius 1 is 0.571 bits per heavy atom. The van der Waals surface area contributed by atoms with Gasteiger partial charge in [-0.2, -0.15) is 0 Å². The second-order valence-corrected chi connectivity index (χ2v) is 6.75. The van der Waals surface area contributed by atoms with E-state index >= 15 is 0 Å². The summed E-state index contributed by atoms with van der Waals surface area (Å²) in [6.45, 7) is 6.04. The molecule has 3 heteroatoms. The van der Waals surface area contributed by atoms with E-state index in [1.165, 1.54) is 5.56 Å². The second kappa shape index (κ2) is 10.0. The third-order valence-electron chi connectivity index (χ3n) is 4.36. The Morgan fingerprint density at radius 2 is 1.18 bits per heavy atom. The number of para-hydroxylation sites is 1. The second-order valence-electron chi connectivity index (χ2n) is 6.75. The van der Waals surface area contributed by atoms with Crippen molar-refractivity contribution in [2.75, 3.05) is 11.5 Å². The summed E-state index contributed by atoms with van der Waals surface area (Å²) in [6.07, 6.45) is 0. The van der Waals surface area contributed by atoms with Gasteiger partial charge in [-0.1, -0.05) is 60.7 Å². The van der Waals surface area contributed by atoms with Gasteiger partial charge in [0.2, 0.25) is 0 Å². The van der Waals surface area contributed by atoms with Crippen LogP contribution in [0.15, 0.2) is 84.9 Å². The summed E-state index contributed by atoms with van der Waals surface area (Å²) in [5, 5.41) is 11.4. The highest BCUT2D eigenvalue weighted by Gasteiger charge is 1.91. The number of hydrogen-bond donors (Lipinski definition) is 3. The van der Waals surface area contributed by atoms with Gasteiger partial charge in [-0.05, 0) is 72.5 Å². The molecule has 144 valence electrons. The molecule has 4 aromatic carbocycles. The molecule has 28 heavy (non-hydrogen) atoms. The molecular formula is C25H28N2O. The van der Waals surface area contributed by atoms with Crippen LogP contribution in [0.1, 0.15) is 16.7 Å².